The second-order valence-electron chi connectivity index (χ2n) is 4.85. The van der Waals surface area contributed by atoms with Crippen molar-refractivity contribution < 1.29 is 9.53 Å². The van der Waals surface area contributed by atoms with Gasteiger partial charge in [-0.15, -0.1) is 0 Å². The van der Waals surface area contributed by atoms with E-state index in [9.17, 15) is 4.79 Å². The van der Waals surface area contributed by atoms with E-state index < -0.39 is 11.9 Å². The van der Waals surface area contributed by atoms with E-state index in [4.69, 9.17) is 10.5 Å². The minimum absolute atomic E-state index is 0.409. The first-order valence-corrected chi connectivity index (χ1v) is 6.90. The van der Waals surface area contributed by atoms with E-state index in [0.717, 1.165) is 5.56 Å². The Morgan fingerprint density at radius 2 is 2.23 bits per heavy atom. The molecule has 3 rings (SSSR count). The molecule has 0 spiro atoms. The zero-order chi connectivity index (χ0) is 15.7. The SMILES string of the molecule is CCOc1ccccc1[C@H]1C(C(N)=O)=C(C)Nc2nnnn21. The molecule has 8 nitrogen and oxygen atoms in total. The molecule has 1 amide bonds. The topological polar surface area (TPSA) is 108 Å². The van der Waals surface area contributed by atoms with E-state index in [1.807, 2.05) is 31.2 Å². The van der Waals surface area contributed by atoms with Crippen LogP contribution in [-0.4, -0.2) is 32.7 Å². The van der Waals surface area contributed by atoms with Crippen molar-refractivity contribution in [2.75, 3.05) is 11.9 Å². The van der Waals surface area contributed by atoms with Gasteiger partial charge in [-0.25, -0.2) is 0 Å². The molecular formula is C14H16N6O2. The lowest BCUT2D eigenvalue weighted by Gasteiger charge is -2.28. The van der Waals surface area contributed by atoms with Gasteiger partial charge >= 0.3 is 0 Å². The van der Waals surface area contributed by atoms with Gasteiger partial charge < -0.3 is 15.8 Å². The Kier molecular flexibility index (Phi) is 3.50. The van der Waals surface area contributed by atoms with Crippen molar-refractivity contribution in [1.29, 1.82) is 0 Å². The molecule has 0 fully saturated rings. The molecule has 114 valence electrons. The number of carbonyl (C=O) groups excluding carboxylic acids is 1. The standard InChI is InChI=1S/C14H16N6O2/c1-3-22-10-7-5-4-6-9(10)12-11(13(15)21)8(2)16-14-17-18-19-20(12)14/h4-7,12H,3H2,1-2H3,(H2,15,21)(H,16,17,19)/t12-/m0/s1. The number of rotatable bonds is 4. The van der Waals surface area contributed by atoms with Gasteiger partial charge in [-0.05, 0) is 30.3 Å². The van der Waals surface area contributed by atoms with Gasteiger partial charge in [-0.2, -0.15) is 4.68 Å². The molecule has 0 aliphatic carbocycles. The molecule has 1 atom stereocenters. The number of carbonyl (C=O) groups is 1. The summed E-state index contributed by atoms with van der Waals surface area (Å²) >= 11 is 0. The van der Waals surface area contributed by atoms with E-state index in [0.29, 0.717) is 29.6 Å². The van der Waals surface area contributed by atoms with Crippen molar-refractivity contribution in [2.24, 2.45) is 5.73 Å². The molecule has 0 saturated carbocycles. The lowest BCUT2D eigenvalue weighted by Crippen LogP contribution is -2.32. The van der Waals surface area contributed by atoms with Crippen molar-refractivity contribution in [1.82, 2.24) is 20.2 Å². The first kappa shape index (κ1) is 14.1. The predicted octanol–water partition coefficient (Wildman–Crippen LogP) is 0.846. The molecule has 0 bridgehead atoms. The molecule has 2 aromatic rings. The quantitative estimate of drug-likeness (QED) is 0.866. The van der Waals surface area contributed by atoms with Crippen LogP contribution < -0.4 is 15.8 Å². The average molecular weight is 300 g/mol. The molecule has 1 aromatic carbocycles. The minimum Gasteiger partial charge on any atom is -0.494 e. The second-order valence-corrected chi connectivity index (χ2v) is 4.85. The van der Waals surface area contributed by atoms with Crippen LogP contribution in [0, 0.1) is 0 Å². The van der Waals surface area contributed by atoms with Gasteiger partial charge in [0.1, 0.15) is 11.8 Å². The zero-order valence-corrected chi connectivity index (χ0v) is 12.3. The molecule has 22 heavy (non-hydrogen) atoms. The Bertz CT molecular complexity index is 751. The summed E-state index contributed by atoms with van der Waals surface area (Å²) in [6, 6.07) is 6.95. The first-order valence-electron chi connectivity index (χ1n) is 6.90. The van der Waals surface area contributed by atoms with Crippen LogP contribution in [0.2, 0.25) is 0 Å². The molecule has 8 heteroatoms. The van der Waals surface area contributed by atoms with Crippen LogP contribution in [-0.2, 0) is 4.79 Å². The number of nitrogens with zero attached hydrogens (tertiary/aromatic N) is 4. The Hall–Kier alpha value is -2.90. The van der Waals surface area contributed by atoms with E-state index >= 15 is 0 Å². The lowest BCUT2D eigenvalue weighted by molar-refractivity contribution is -0.115. The van der Waals surface area contributed by atoms with E-state index in [1.54, 1.807) is 6.92 Å². The van der Waals surface area contributed by atoms with Gasteiger partial charge in [-0.3, -0.25) is 4.79 Å². The van der Waals surface area contributed by atoms with Gasteiger partial charge in [0.25, 0.3) is 0 Å². The number of fused-ring (bicyclic) bond motifs is 1. The number of para-hydroxylation sites is 1. The van der Waals surface area contributed by atoms with Crippen molar-refractivity contribution in [3.05, 3.63) is 41.1 Å². The monoisotopic (exact) mass is 300 g/mol. The fraction of sp³-hybridized carbons (Fsp3) is 0.286. The highest BCUT2D eigenvalue weighted by atomic mass is 16.5. The normalized spacial score (nSPS) is 16.9. The molecule has 1 aromatic heterocycles. The predicted molar refractivity (Wildman–Crippen MR) is 79.1 cm³/mol. The maximum absolute atomic E-state index is 12.0. The van der Waals surface area contributed by atoms with Crippen LogP contribution >= 0.6 is 0 Å². The third kappa shape index (κ3) is 2.18. The number of allylic oxidation sites excluding steroid dienone is 1. The molecule has 0 radical (unpaired) electrons. The lowest BCUT2D eigenvalue weighted by atomic mass is 9.94. The largest absolute Gasteiger partial charge is 0.494 e. The van der Waals surface area contributed by atoms with Crippen LogP contribution in [0.25, 0.3) is 0 Å². The summed E-state index contributed by atoms with van der Waals surface area (Å²) in [5.41, 5.74) is 7.40. The first-order chi connectivity index (χ1) is 10.6. The number of nitrogens with one attached hydrogen (secondary N) is 1. The summed E-state index contributed by atoms with van der Waals surface area (Å²) in [5, 5.41) is 14.5. The number of benzene rings is 1. The molecule has 2 heterocycles. The Morgan fingerprint density at radius 1 is 1.45 bits per heavy atom. The van der Waals surface area contributed by atoms with Crippen LogP contribution in [0.15, 0.2) is 35.5 Å². The molecule has 0 unspecified atom stereocenters. The van der Waals surface area contributed by atoms with Gasteiger partial charge in [-0.1, -0.05) is 23.3 Å². The smallest absolute Gasteiger partial charge is 0.248 e. The summed E-state index contributed by atoms with van der Waals surface area (Å²) in [5.74, 6) is 0.603. The number of nitrogens with two attached hydrogens (primary N) is 1. The van der Waals surface area contributed by atoms with E-state index in [-0.39, 0.29) is 0 Å². The number of aromatic nitrogens is 4. The zero-order valence-electron chi connectivity index (χ0n) is 12.3. The summed E-state index contributed by atoms with van der Waals surface area (Å²) in [7, 11) is 0. The molecule has 3 N–H and O–H groups in total. The highest BCUT2D eigenvalue weighted by Gasteiger charge is 2.34. The summed E-state index contributed by atoms with van der Waals surface area (Å²) < 4.78 is 7.20. The van der Waals surface area contributed by atoms with Crippen LogP contribution in [0.1, 0.15) is 25.5 Å². The summed E-state index contributed by atoms with van der Waals surface area (Å²) in [6.45, 7) is 4.19. The van der Waals surface area contributed by atoms with E-state index in [2.05, 4.69) is 20.8 Å². The second kappa shape index (κ2) is 5.47. The maximum Gasteiger partial charge on any atom is 0.248 e. The van der Waals surface area contributed by atoms with Crippen molar-refractivity contribution in [3.63, 3.8) is 0 Å². The number of hydrogen-bond acceptors (Lipinski definition) is 6. The average Bonchev–Trinajstić information content (AvgIpc) is 2.94. The third-order valence-corrected chi connectivity index (χ3v) is 3.49. The van der Waals surface area contributed by atoms with Gasteiger partial charge in [0.15, 0.2) is 0 Å². The summed E-state index contributed by atoms with van der Waals surface area (Å²) in [6.07, 6.45) is 0. The summed E-state index contributed by atoms with van der Waals surface area (Å²) in [4.78, 5) is 12.0. The number of ether oxygens (including phenoxy) is 1. The Balaban J connectivity index is 2.21. The van der Waals surface area contributed by atoms with Crippen molar-refractivity contribution in [2.45, 2.75) is 19.9 Å². The molecule has 0 saturated heterocycles. The number of amides is 1. The Labute approximate surface area is 126 Å². The van der Waals surface area contributed by atoms with Crippen LogP contribution in [0.3, 0.4) is 0 Å². The van der Waals surface area contributed by atoms with Crippen LogP contribution in [0.5, 0.6) is 5.75 Å². The number of hydrogen-bond donors (Lipinski definition) is 2. The van der Waals surface area contributed by atoms with E-state index in [1.165, 1.54) is 4.68 Å². The number of tetrazole rings is 1. The van der Waals surface area contributed by atoms with Gasteiger partial charge in [0.05, 0.1) is 12.2 Å². The highest BCUT2D eigenvalue weighted by molar-refractivity contribution is 5.95. The molecule has 1 aliphatic heterocycles. The van der Waals surface area contributed by atoms with Gasteiger partial charge in [0.2, 0.25) is 11.9 Å². The highest BCUT2D eigenvalue weighted by Crippen LogP contribution is 2.38. The third-order valence-electron chi connectivity index (χ3n) is 3.49. The fourth-order valence-electron chi connectivity index (χ4n) is 2.61. The van der Waals surface area contributed by atoms with Crippen molar-refractivity contribution >= 4 is 11.9 Å². The van der Waals surface area contributed by atoms with Gasteiger partial charge in [0, 0.05) is 11.3 Å². The fourth-order valence-corrected chi connectivity index (χ4v) is 2.61. The van der Waals surface area contributed by atoms with Crippen molar-refractivity contribution in [3.8, 4) is 5.75 Å². The maximum atomic E-state index is 12.0. The molecular weight excluding hydrogens is 284 g/mol. The number of anilines is 1. The minimum atomic E-state index is -0.526. The van der Waals surface area contributed by atoms with Crippen LogP contribution in [0.4, 0.5) is 5.95 Å². The molecule has 1 aliphatic rings. The number of primary amides is 1. The Morgan fingerprint density at radius 3 is 2.95 bits per heavy atom.